The van der Waals surface area contributed by atoms with Gasteiger partial charge in [-0.15, -0.1) is 0 Å². The van der Waals surface area contributed by atoms with Crippen LogP contribution in [0.1, 0.15) is 11.6 Å². The van der Waals surface area contributed by atoms with Gasteiger partial charge < -0.3 is 11.1 Å². The number of hydrogen-bond acceptors (Lipinski definition) is 2. The highest BCUT2D eigenvalue weighted by Gasteiger charge is 2.15. The van der Waals surface area contributed by atoms with Crippen LogP contribution in [0, 0.1) is 11.6 Å². The molecule has 5 heteroatoms. The second kappa shape index (κ2) is 5.99. The molecule has 0 saturated carbocycles. The van der Waals surface area contributed by atoms with Crippen LogP contribution in [-0.2, 0) is 0 Å². The summed E-state index contributed by atoms with van der Waals surface area (Å²) in [7, 11) is 0. The lowest BCUT2D eigenvalue weighted by Gasteiger charge is -2.19. The number of rotatable bonds is 4. The van der Waals surface area contributed by atoms with E-state index in [4.69, 9.17) is 17.3 Å². The molecule has 2 aromatic rings. The molecule has 3 N–H and O–H groups in total. The zero-order chi connectivity index (χ0) is 13.8. The van der Waals surface area contributed by atoms with Crippen molar-refractivity contribution in [1.29, 1.82) is 0 Å². The molecule has 0 heterocycles. The van der Waals surface area contributed by atoms with Gasteiger partial charge in [-0.1, -0.05) is 29.8 Å². The maximum Gasteiger partial charge on any atom is 0.146 e. The van der Waals surface area contributed by atoms with E-state index in [-0.39, 0.29) is 12.2 Å². The first-order valence-corrected chi connectivity index (χ1v) is 6.15. The van der Waals surface area contributed by atoms with E-state index in [0.29, 0.717) is 10.6 Å². The van der Waals surface area contributed by atoms with Gasteiger partial charge >= 0.3 is 0 Å². The third kappa shape index (κ3) is 3.22. The Morgan fingerprint density at radius 2 is 1.84 bits per heavy atom. The predicted molar refractivity (Wildman–Crippen MR) is 73.2 cm³/mol. The van der Waals surface area contributed by atoms with Crippen molar-refractivity contribution >= 4 is 17.3 Å². The SMILES string of the molecule is NCC(Nc1ccccc1F)c1ccc(Cl)cc1F. The van der Waals surface area contributed by atoms with Crippen molar-refractivity contribution in [2.24, 2.45) is 5.73 Å². The summed E-state index contributed by atoms with van der Waals surface area (Å²) in [5.74, 6) is -0.873. The average Bonchev–Trinajstić information content (AvgIpc) is 2.39. The fourth-order valence-corrected chi connectivity index (χ4v) is 1.97. The maximum atomic E-state index is 13.8. The Morgan fingerprint density at radius 3 is 2.47 bits per heavy atom. The normalized spacial score (nSPS) is 12.2. The molecule has 19 heavy (non-hydrogen) atoms. The number of nitrogens with one attached hydrogen (secondary N) is 1. The van der Waals surface area contributed by atoms with E-state index in [0.717, 1.165) is 0 Å². The standard InChI is InChI=1S/C14H13ClF2N2/c15-9-5-6-10(12(17)7-9)14(8-18)19-13-4-2-1-3-11(13)16/h1-7,14,19H,8,18H2. The van der Waals surface area contributed by atoms with Crippen LogP contribution < -0.4 is 11.1 Å². The smallest absolute Gasteiger partial charge is 0.146 e. The van der Waals surface area contributed by atoms with Gasteiger partial charge in [-0.2, -0.15) is 0 Å². The van der Waals surface area contributed by atoms with Gasteiger partial charge in [0.05, 0.1) is 11.7 Å². The number of para-hydroxylation sites is 1. The predicted octanol–water partition coefficient (Wildman–Crippen LogP) is 3.73. The minimum atomic E-state index is -0.519. The molecule has 0 radical (unpaired) electrons. The van der Waals surface area contributed by atoms with Crippen molar-refractivity contribution in [1.82, 2.24) is 0 Å². The van der Waals surface area contributed by atoms with Gasteiger partial charge in [-0.3, -0.25) is 0 Å². The summed E-state index contributed by atoms with van der Waals surface area (Å²) in [5, 5.41) is 3.20. The fraction of sp³-hybridized carbons (Fsp3) is 0.143. The Balaban J connectivity index is 2.28. The fourth-order valence-electron chi connectivity index (χ4n) is 1.81. The Kier molecular flexibility index (Phi) is 4.35. The van der Waals surface area contributed by atoms with E-state index in [1.807, 2.05) is 0 Å². The van der Waals surface area contributed by atoms with Gasteiger partial charge in [0.15, 0.2) is 0 Å². The van der Waals surface area contributed by atoms with Crippen LogP contribution in [-0.4, -0.2) is 6.54 Å². The molecule has 0 amide bonds. The van der Waals surface area contributed by atoms with Crippen molar-refractivity contribution in [3.8, 4) is 0 Å². The number of nitrogens with two attached hydrogens (primary N) is 1. The zero-order valence-corrected chi connectivity index (χ0v) is 10.8. The van der Waals surface area contributed by atoms with Gasteiger partial charge in [-0.25, -0.2) is 8.78 Å². The molecule has 2 nitrogen and oxygen atoms in total. The molecule has 0 aliphatic heterocycles. The molecule has 0 aromatic heterocycles. The lowest BCUT2D eigenvalue weighted by Crippen LogP contribution is -2.22. The summed E-state index contributed by atoms with van der Waals surface area (Å²) in [5.41, 5.74) is 6.27. The molecule has 0 aliphatic rings. The number of hydrogen-bond donors (Lipinski definition) is 2. The van der Waals surface area contributed by atoms with Gasteiger partial charge in [0.1, 0.15) is 11.6 Å². The summed E-state index contributed by atoms with van der Waals surface area (Å²) in [6.45, 7) is 0.132. The summed E-state index contributed by atoms with van der Waals surface area (Å²) in [4.78, 5) is 0. The summed E-state index contributed by atoms with van der Waals surface area (Å²) in [6, 6.07) is 9.99. The summed E-state index contributed by atoms with van der Waals surface area (Å²) >= 11 is 5.70. The van der Waals surface area contributed by atoms with Crippen LogP contribution in [0.15, 0.2) is 42.5 Å². The Labute approximate surface area is 115 Å². The quantitative estimate of drug-likeness (QED) is 0.897. The third-order valence-electron chi connectivity index (χ3n) is 2.78. The number of benzene rings is 2. The van der Waals surface area contributed by atoms with Gasteiger partial charge in [-0.05, 0) is 24.3 Å². The van der Waals surface area contributed by atoms with E-state index in [2.05, 4.69) is 5.32 Å². The highest BCUT2D eigenvalue weighted by atomic mass is 35.5. The monoisotopic (exact) mass is 282 g/mol. The molecule has 1 unspecified atom stereocenters. The minimum absolute atomic E-state index is 0.132. The van der Waals surface area contributed by atoms with Gasteiger partial charge in [0.2, 0.25) is 0 Å². The first-order chi connectivity index (χ1) is 9.11. The molecule has 1 atom stereocenters. The average molecular weight is 283 g/mol. The Hall–Kier alpha value is -1.65. The van der Waals surface area contributed by atoms with Crippen LogP contribution in [0.3, 0.4) is 0 Å². The minimum Gasteiger partial charge on any atom is -0.374 e. The molecule has 0 aliphatic carbocycles. The lowest BCUT2D eigenvalue weighted by atomic mass is 10.1. The zero-order valence-electron chi connectivity index (χ0n) is 10.0. The Bertz CT molecular complexity index is 575. The van der Waals surface area contributed by atoms with Crippen LogP contribution >= 0.6 is 11.6 Å². The largest absolute Gasteiger partial charge is 0.374 e. The molecule has 2 rings (SSSR count). The van der Waals surface area contributed by atoms with Crippen molar-refractivity contribution in [2.45, 2.75) is 6.04 Å². The molecule has 0 spiro atoms. The van der Waals surface area contributed by atoms with Crippen molar-refractivity contribution < 1.29 is 8.78 Å². The molecule has 100 valence electrons. The molecular formula is C14H13ClF2N2. The van der Waals surface area contributed by atoms with Crippen LogP contribution in [0.25, 0.3) is 0 Å². The number of halogens is 3. The first-order valence-electron chi connectivity index (χ1n) is 5.78. The molecular weight excluding hydrogens is 270 g/mol. The first kappa shape index (κ1) is 13.8. The Morgan fingerprint density at radius 1 is 1.11 bits per heavy atom. The molecule has 0 bridgehead atoms. The topological polar surface area (TPSA) is 38.0 Å². The number of anilines is 1. The lowest BCUT2D eigenvalue weighted by molar-refractivity contribution is 0.589. The summed E-state index contributed by atoms with van der Waals surface area (Å²) in [6.07, 6.45) is 0. The van der Waals surface area contributed by atoms with Gasteiger partial charge in [0, 0.05) is 17.1 Å². The van der Waals surface area contributed by atoms with E-state index < -0.39 is 17.7 Å². The highest BCUT2D eigenvalue weighted by Crippen LogP contribution is 2.24. The van der Waals surface area contributed by atoms with Crippen LogP contribution in [0.2, 0.25) is 5.02 Å². The molecule has 2 aromatic carbocycles. The van der Waals surface area contributed by atoms with Crippen LogP contribution in [0.4, 0.5) is 14.5 Å². The third-order valence-corrected chi connectivity index (χ3v) is 3.01. The highest BCUT2D eigenvalue weighted by molar-refractivity contribution is 6.30. The molecule has 0 fully saturated rings. The van der Waals surface area contributed by atoms with Crippen molar-refractivity contribution in [3.05, 3.63) is 64.7 Å². The molecule has 0 saturated heterocycles. The van der Waals surface area contributed by atoms with Crippen LogP contribution in [0.5, 0.6) is 0 Å². The summed E-state index contributed by atoms with van der Waals surface area (Å²) < 4.78 is 27.4. The van der Waals surface area contributed by atoms with E-state index in [1.165, 1.54) is 12.1 Å². The maximum absolute atomic E-state index is 13.8. The van der Waals surface area contributed by atoms with E-state index >= 15 is 0 Å². The van der Waals surface area contributed by atoms with E-state index in [1.54, 1.807) is 30.3 Å². The van der Waals surface area contributed by atoms with Gasteiger partial charge in [0.25, 0.3) is 0 Å². The van der Waals surface area contributed by atoms with Crippen molar-refractivity contribution in [3.63, 3.8) is 0 Å². The second-order valence-corrected chi connectivity index (χ2v) is 4.51. The van der Waals surface area contributed by atoms with Crippen molar-refractivity contribution in [2.75, 3.05) is 11.9 Å². The second-order valence-electron chi connectivity index (χ2n) is 4.08. The van der Waals surface area contributed by atoms with E-state index in [9.17, 15) is 8.78 Å².